The van der Waals surface area contributed by atoms with Crippen molar-refractivity contribution >= 4 is 16.6 Å². The summed E-state index contributed by atoms with van der Waals surface area (Å²) in [4.78, 5) is 19.9. The molecule has 1 aliphatic heterocycles. The minimum atomic E-state index is -0.187. The van der Waals surface area contributed by atoms with Gasteiger partial charge >= 0.3 is 0 Å². The molecule has 0 spiro atoms. The van der Waals surface area contributed by atoms with Gasteiger partial charge in [-0.15, -0.1) is 0 Å². The first-order chi connectivity index (χ1) is 21.0. The first-order valence-corrected chi connectivity index (χ1v) is 14.5. The highest BCUT2D eigenvalue weighted by atomic mass is 15.1. The number of imidazole rings is 1. The highest BCUT2D eigenvalue weighted by Gasteiger charge is 2.38. The zero-order valence-corrected chi connectivity index (χ0v) is 24.5. The van der Waals surface area contributed by atoms with E-state index in [-0.39, 0.29) is 5.41 Å². The van der Waals surface area contributed by atoms with Gasteiger partial charge in [0, 0.05) is 22.3 Å². The lowest BCUT2D eigenvalue weighted by Crippen LogP contribution is -2.16. The maximum absolute atomic E-state index is 5.27. The van der Waals surface area contributed by atoms with Crippen LogP contribution in [0.3, 0.4) is 0 Å². The summed E-state index contributed by atoms with van der Waals surface area (Å²) in [7, 11) is 0. The van der Waals surface area contributed by atoms with Gasteiger partial charge in [-0.1, -0.05) is 110 Å². The zero-order chi connectivity index (χ0) is 29.6. The number of benzene rings is 4. The van der Waals surface area contributed by atoms with E-state index in [0.29, 0.717) is 17.5 Å². The summed E-state index contributed by atoms with van der Waals surface area (Å²) in [5.74, 6) is 2.86. The van der Waals surface area contributed by atoms with Crippen molar-refractivity contribution in [2.75, 3.05) is 0 Å². The fraction of sp³-hybridized carbons (Fsp3) is 0.105. The molecule has 0 amide bonds. The molecule has 5 nitrogen and oxygen atoms in total. The van der Waals surface area contributed by atoms with Gasteiger partial charge in [0.1, 0.15) is 5.82 Å². The summed E-state index contributed by atoms with van der Waals surface area (Å²) < 4.78 is 2.32. The predicted octanol–water partition coefficient (Wildman–Crippen LogP) is 9.00. The van der Waals surface area contributed by atoms with Crippen LogP contribution in [-0.2, 0) is 5.41 Å². The Labute approximate surface area is 251 Å². The molecule has 0 aliphatic carbocycles. The number of hydrogen-bond acceptors (Lipinski definition) is 4. The Morgan fingerprint density at radius 1 is 0.744 bits per heavy atom. The number of para-hydroxylation sites is 2. The number of nitrogens with zero attached hydrogens (tertiary/aromatic N) is 5. The number of fused-ring (bicyclic) bond motifs is 5. The third-order valence-electron chi connectivity index (χ3n) is 8.11. The van der Waals surface area contributed by atoms with Crippen molar-refractivity contribution in [3.63, 3.8) is 0 Å². The Morgan fingerprint density at radius 3 is 2.23 bits per heavy atom. The van der Waals surface area contributed by atoms with Crippen LogP contribution in [0.4, 0.5) is 0 Å². The van der Waals surface area contributed by atoms with E-state index in [2.05, 4.69) is 85.7 Å². The molecule has 1 aliphatic rings. The SMILES string of the molecule is C=C/C(=C\C=C/C)c1nc(-c2ccccc2)nc(-c2cccc(-c3cccc4c3nc3n4-c4ccccc4C3(C)C)c2)n1. The lowest BCUT2D eigenvalue weighted by atomic mass is 9.85. The highest BCUT2D eigenvalue weighted by molar-refractivity contribution is 5.95. The Morgan fingerprint density at radius 2 is 1.44 bits per heavy atom. The van der Waals surface area contributed by atoms with E-state index >= 15 is 0 Å². The van der Waals surface area contributed by atoms with Crippen LogP contribution in [-0.4, -0.2) is 24.5 Å². The summed E-state index contributed by atoms with van der Waals surface area (Å²) in [6.07, 6.45) is 7.68. The third kappa shape index (κ3) is 4.41. The number of allylic oxidation sites excluding steroid dienone is 5. The van der Waals surface area contributed by atoms with Crippen LogP contribution in [0.5, 0.6) is 0 Å². The van der Waals surface area contributed by atoms with E-state index in [1.807, 2.05) is 61.5 Å². The smallest absolute Gasteiger partial charge is 0.164 e. The molecule has 7 rings (SSSR count). The number of aromatic nitrogens is 5. The maximum Gasteiger partial charge on any atom is 0.164 e. The summed E-state index contributed by atoms with van der Waals surface area (Å²) in [6, 6.07) is 33.4. The van der Waals surface area contributed by atoms with Gasteiger partial charge in [-0.3, -0.25) is 4.57 Å². The first-order valence-electron chi connectivity index (χ1n) is 14.5. The average Bonchev–Trinajstić information content (AvgIpc) is 3.55. The van der Waals surface area contributed by atoms with Crippen molar-refractivity contribution in [1.82, 2.24) is 24.5 Å². The van der Waals surface area contributed by atoms with Gasteiger partial charge in [-0.2, -0.15) is 0 Å². The molecule has 5 heteroatoms. The quantitative estimate of drug-likeness (QED) is 0.192. The monoisotopic (exact) mass is 557 g/mol. The predicted molar refractivity (Wildman–Crippen MR) is 176 cm³/mol. The van der Waals surface area contributed by atoms with E-state index < -0.39 is 0 Å². The zero-order valence-electron chi connectivity index (χ0n) is 24.5. The average molecular weight is 558 g/mol. The number of rotatable bonds is 6. The lowest BCUT2D eigenvalue weighted by molar-refractivity contribution is 0.621. The molecule has 0 N–H and O–H groups in total. The summed E-state index contributed by atoms with van der Waals surface area (Å²) >= 11 is 0. The van der Waals surface area contributed by atoms with Crippen LogP contribution < -0.4 is 0 Å². The van der Waals surface area contributed by atoms with Crippen LogP contribution >= 0.6 is 0 Å². The molecule has 0 saturated heterocycles. The van der Waals surface area contributed by atoms with E-state index in [4.69, 9.17) is 19.9 Å². The molecular weight excluding hydrogens is 526 g/mol. The van der Waals surface area contributed by atoms with Gasteiger partial charge in [0.2, 0.25) is 0 Å². The van der Waals surface area contributed by atoms with Crippen LogP contribution in [0.2, 0.25) is 0 Å². The van der Waals surface area contributed by atoms with Gasteiger partial charge in [-0.05, 0) is 50.1 Å². The molecule has 0 saturated carbocycles. The van der Waals surface area contributed by atoms with E-state index in [9.17, 15) is 0 Å². The highest BCUT2D eigenvalue weighted by Crippen LogP contribution is 2.45. The molecule has 0 unspecified atom stereocenters. The Bertz CT molecular complexity index is 2080. The molecule has 0 fully saturated rings. The van der Waals surface area contributed by atoms with Gasteiger partial charge in [0.05, 0.1) is 22.1 Å². The van der Waals surface area contributed by atoms with E-state index in [0.717, 1.165) is 44.7 Å². The molecule has 0 radical (unpaired) electrons. The lowest BCUT2D eigenvalue weighted by Gasteiger charge is -2.17. The minimum absolute atomic E-state index is 0.187. The van der Waals surface area contributed by atoms with Crippen LogP contribution in [0.25, 0.3) is 56.2 Å². The molecule has 4 aromatic carbocycles. The molecule has 2 aromatic heterocycles. The van der Waals surface area contributed by atoms with Crippen LogP contribution in [0.1, 0.15) is 38.0 Å². The molecule has 3 heterocycles. The van der Waals surface area contributed by atoms with Crippen LogP contribution in [0.15, 0.2) is 128 Å². The molecule has 6 aromatic rings. The minimum Gasteiger partial charge on any atom is -0.295 e. The van der Waals surface area contributed by atoms with Gasteiger partial charge in [0.15, 0.2) is 17.5 Å². The topological polar surface area (TPSA) is 56.5 Å². The van der Waals surface area contributed by atoms with Gasteiger partial charge < -0.3 is 0 Å². The molecule has 43 heavy (non-hydrogen) atoms. The third-order valence-corrected chi connectivity index (χ3v) is 8.11. The van der Waals surface area contributed by atoms with Gasteiger partial charge in [-0.25, -0.2) is 19.9 Å². The molecule has 0 atom stereocenters. The fourth-order valence-electron chi connectivity index (χ4n) is 5.92. The molecular formula is C38H31N5. The van der Waals surface area contributed by atoms with Crippen molar-refractivity contribution < 1.29 is 0 Å². The Hall–Kier alpha value is -5.42. The maximum atomic E-state index is 5.27. The van der Waals surface area contributed by atoms with E-state index in [1.54, 1.807) is 6.08 Å². The second kappa shape index (κ2) is 10.4. The Balaban J connectivity index is 1.39. The summed E-state index contributed by atoms with van der Waals surface area (Å²) in [6.45, 7) is 10.5. The second-order valence-corrected chi connectivity index (χ2v) is 11.2. The molecule has 0 bridgehead atoms. The van der Waals surface area contributed by atoms with Crippen molar-refractivity contribution in [1.29, 1.82) is 0 Å². The second-order valence-electron chi connectivity index (χ2n) is 11.2. The summed E-state index contributed by atoms with van der Waals surface area (Å²) in [5, 5.41) is 0. The summed E-state index contributed by atoms with van der Waals surface area (Å²) in [5.41, 5.74) is 9.20. The van der Waals surface area contributed by atoms with E-state index in [1.165, 1.54) is 11.3 Å². The van der Waals surface area contributed by atoms with Gasteiger partial charge in [0.25, 0.3) is 0 Å². The van der Waals surface area contributed by atoms with Crippen molar-refractivity contribution in [2.24, 2.45) is 0 Å². The normalized spacial score (nSPS) is 13.8. The fourth-order valence-corrected chi connectivity index (χ4v) is 5.92. The standard InChI is InChI=1S/C38H31N5/c1-5-7-15-25(6-2)34-40-35(26-16-9-8-10-17-26)42-36(41-34)28-19-13-18-27(24-28)29-20-14-23-32-33(29)39-37-38(3,4)30-21-11-12-22-31(30)43(32)37/h5-24H,2H2,1,3-4H3/b7-5-,25-15+. The number of hydrogen-bond donors (Lipinski definition) is 0. The largest absolute Gasteiger partial charge is 0.295 e. The van der Waals surface area contributed by atoms with Crippen molar-refractivity contribution in [3.05, 3.63) is 145 Å². The Kier molecular flexibility index (Phi) is 6.43. The van der Waals surface area contributed by atoms with Crippen LogP contribution in [0, 0.1) is 0 Å². The molecule has 208 valence electrons. The first kappa shape index (κ1) is 26.5. The van der Waals surface area contributed by atoms with Crippen molar-refractivity contribution in [3.8, 4) is 39.6 Å². The van der Waals surface area contributed by atoms with Crippen molar-refractivity contribution in [2.45, 2.75) is 26.2 Å².